The van der Waals surface area contributed by atoms with E-state index in [1.165, 1.54) is 4.57 Å². The van der Waals surface area contributed by atoms with E-state index in [-0.39, 0.29) is 10.7 Å². The molecule has 0 aliphatic rings. The van der Waals surface area contributed by atoms with Crippen LogP contribution >= 0.6 is 11.6 Å². The Morgan fingerprint density at radius 2 is 2.16 bits per heavy atom. The maximum atomic E-state index is 12.3. The van der Waals surface area contributed by atoms with Crippen LogP contribution < -0.4 is 11.2 Å². The molecule has 2 aromatic rings. The van der Waals surface area contributed by atoms with Gasteiger partial charge in [-0.25, -0.2) is 4.79 Å². The van der Waals surface area contributed by atoms with E-state index in [0.29, 0.717) is 12.0 Å². The zero-order chi connectivity index (χ0) is 14.2. The molecule has 1 atom stereocenters. The Kier molecular flexibility index (Phi) is 3.61. The molecule has 0 fully saturated rings. The topological polar surface area (TPSA) is 72.7 Å². The van der Waals surface area contributed by atoms with E-state index in [0.717, 1.165) is 5.56 Å². The maximum absolute atomic E-state index is 12.3. The molecule has 1 N–H and O–H groups in total. The summed E-state index contributed by atoms with van der Waals surface area (Å²) in [5.74, 6) is 0. The van der Waals surface area contributed by atoms with E-state index in [1.807, 2.05) is 6.92 Å². The highest BCUT2D eigenvalue weighted by Gasteiger charge is 2.18. The summed E-state index contributed by atoms with van der Waals surface area (Å²) in [4.78, 5) is 26.7. The highest BCUT2D eigenvalue weighted by atomic mass is 35.5. The van der Waals surface area contributed by atoms with Crippen LogP contribution in [0.3, 0.4) is 0 Å². The predicted octanol–water partition coefficient (Wildman–Crippen LogP) is 1.10. The number of H-pyrrole nitrogens is 1. The maximum Gasteiger partial charge on any atom is 0.330 e. The van der Waals surface area contributed by atoms with Crippen LogP contribution in [0.25, 0.3) is 0 Å². The predicted molar refractivity (Wildman–Crippen MR) is 72.7 cm³/mol. The molecule has 0 radical (unpaired) electrons. The van der Waals surface area contributed by atoms with Crippen LogP contribution in [0.4, 0.5) is 0 Å². The van der Waals surface area contributed by atoms with Crippen molar-refractivity contribution < 1.29 is 0 Å². The fourth-order valence-electron chi connectivity index (χ4n) is 2.02. The first-order valence-electron chi connectivity index (χ1n) is 5.97. The molecule has 0 amide bonds. The summed E-state index contributed by atoms with van der Waals surface area (Å²) in [5.41, 5.74) is 0.340. The zero-order valence-electron chi connectivity index (χ0n) is 11.0. The van der Waals surface area contributed by atoms with Gasteiger partial charge < -0.3 is 0 Å². The third kappa shape index (κ3) is 2.35. The number of rotatable bonds is 3. The molecule has 2 heterocycles. The third-order valence-corrected chi connectivity index (χ3v) is 3.45. The van der Waals surface area contributed by atoms with Gasteiger partial charge in [-0.2, -0.15) is 5.10 Å². The molecule has 0 saturated heterocycles. The summed E-state index contributed by atoms with van der Waals surface area (Å²) in [6.45, 7) is 3.60. The summed E-state index contributed by atoms with van der Waals surface area (Å²) in [6.07, 6.45) is 3.88. The molecule has 0 aliphatic heterocycles. The average molecular weight is 283 g/mol. The largest absolute Gasteiger partial charge is 0.330 e. The molecular weight excluding hydrogens is 268 g/mol. The summed E-state index contributed by atoms with van der Waals surface area (Å²) < 4.78 is 2.80. The molecule has 2 rings (SSSR count). The third-order valence-electron chi connectivity index (χ3n) is 3.13. The van der Waals surface area contributed by atoms with Crippen molar-refractivity contribution in [3.63, 3.8) is 0 Å². The number of hydrogen-bond acceptors (Lipinski definition) is 3. The second-order valence-corrected chi connectivity index (χ2v) is 4.75. The van der Waals surface area contributed by atoms with E-state index >= 15 is 0 Å². The molecule has 102 valence electrons. The van der Waals surface area contributed by atoms with Crippen molar-refractivity contribution in [1.29, 1.82) is 0 Å². The Bertz CT molecular complexity index is 713. The number of aryl methyl sites for hydroxylation is 1. The van der Waals surface area contributed by atoms with Gasteiger partial charge in [0.05, 0.1) is 17.8 Å². The lowest BCUT2D eigenvalue weighted by Crippen LogP contribution is -2.39. The first kappa shape index (κ1) is 13.6. The molecule has 1 unspecified atom stereocenters. The SMILES string of the molecule is CCc1c(Cl)[nH]c(=O)n(C(C)c2cnn(C)c2)c1=O. The van der Waals surface area contributed by atoms with Crippen LogP contribution in [0.1, 0.15) is 31.0 Å². The first-order valence-corrected chi connectivity index (χ1v) is 6.35. The Morgan fingerprint density at radius 1 is 1.47 bits per heavy atom. The van der Waals surface area contributed by atoms with Crippen LogP contribution in [0.15, 0.2) is 22.0 Å². The van der Waals surface area contributed by atoms with Gasteiger partial charge in [-0.1, -0.05) is 18.5 Å². The van der Waals surface area contributed by atoms with Gasteiger partial charge in [0, 0.05) is 18.8 Å². The van der Waals surface area contributed by atoms with Crippen LogP contribution in [0.2, 0.25) is 5.15 Å². The van der Waals surface area contributed by atoms with Gasteiger partial charge in [0.1, 0.15) is 5.15 Å². The summed E-state index contributed by atoms with van der Waals surface area (Å²) in [7, 11) is 1.78. The van der Waals surface area contributed by atoms with Crippen molar-refractivity contribution in [3.8, 4) is 0 Å². The second-order valence-electron chi connectivity index (χ2n) is 4.37. The standard InChI is InChI=1S/C12H15ClN4O2/c1-4-9-10(13)15-12(19)17(11(9)18)7(2)8-5-14-16(3)6-8/h5-7H,4H2,1-3H3,(H,15,19). The highest BCUT2D eigenvalue weighted by molar-refractivity contribution is 6.30. The first-order chi connectivity index (χ1) is 8.95. The van der Waals surface area contributed by atoms with E-state index in [4.69, 9.17) is 11.6 Å². The molecule has 0 aromatic carbocycles. The normalized spacial score (nSPS) is 12.6. The molecule has 19 heavy (non-hydrogen) atoms. The number of hydrogen-bond donors (Lipinski definition) is 1. The number of halogens is 1. The lowest BCUT2D eigenvalue weighted by atomic mass is 10.2. The Hall–Kier alpha value is -1.82. The quantitative estimate of drug-likeness (QED) is 0.857. The van der Waals surface area contributed by atoms with Gasteiger partial charge in [-0.15, -0.1) is 0 Å². The average Bonchev–Trinajstić information content (AvgIpc) is 2.75. The van der Waals surface area contributed by atoms with Gasteiger partial charge in [-0.05, 0) is 13.3 Å². The summed E-state index contributed by atoms with van der Waals surface area (Å²) >= 11 is 5.88. The lowest BCUT2D eigenvalue weighted by Gasteiger charge is -2.13. The Labute approximate surface area is 114 Å². The fourth-order valence-corrected chi connectivity index (χ4v) is 2.32. The van der Waals surface area contributed by atoms with E-state index in [9.17, 15) is 9.59 Å². The van der Waals surface area contributed by atoms with Crippen LogP contribution in [0, 0.1) is 0 Å². The molecule has 0 saturated carbocycles. The minimum Gasteiger partial charge on any atom is -0.297 e. The highest BCUT2D eigenvalue weighted by Crippen LogP contribution is 2.14. The van der Waals surface area contributed by atoms with Gasteiger partial charge >= 0.3 is 5.69 Å². The molecule has 0 bridgehead atoms. The zero-order valence-corrected chi connectivity index (χ0v) is 11.7. The van der Waals surface area contributed by atoms with E-state index in [2.05, 4.69) is 10.1 Å². The molecular formula is C12H15ClN4O2. The summed E-state index contributed by atoms with van der Waals surface area (Å²) in [6, 6.07) is -0.396. The van der Waals surface area contributed by atoms with Gasteiger partial charge in [0.2, 0.25) is 0 Å². The minimum atomic E-state index is -0.511. The lowest BCUT2D eigenvalue weighted by molar-refractivity contribution is 0.571. The second kappa shape index (κ2) is 5.05. The van der Waals surface area contributed by atoms with Crippen molar-refractivity contribution in [2.45, 2.75) is 26.3 Å². The van der Waals surface area contributed by atoms with Crippen LogP contribution in [0.5, 0.6) is 0 Å². The van der Waals surface area contributed by atoms with Gasteiger partial charge in [-0.3, -0.25) is 19.0 Å². The number of aromatic nitrogens is 4. The van der Waals surface area contributed by atoms with Gasteiger partial charge in [0.25, 0.3) is 5.56 Å². The molecule has 2 aromatic heterocycles. The van der Waals surface area contributed by atoms with Crippen molar-refractivity contribution in [2.75, 3.05) is 0 Å². The minimum absolute atomic E-state index is 0.118. The van der Waals surface area contributed by atoms with Crippen LogP contribution in [-0.4, -0.2) is 19.3 Å². The van der Waals surface area contributed by atoms with E-state index < -0.39 is 11.7 Å². The van der Waals surface area contributed by atoms with Gasteiger partial charge in [0.15, 0.2) is 0 Å². The molecule has 0 aliphatic carbocycles. The Balaban J connectivity index is 2.63. The monoisotopic (exact) mass is 282 g/mol. The molecule has 6 nitrogen and oxygen atoms in total. The van der Waals surface area contributed by atoms with Crippen LogP contribution in [-0.2, 0) is 13.5 Å². The fraction of sp³-hybridized carbons (Fsp3) is 0.417. The van der Waals surface area contributed by atoms with Crippen molar-refractivity contribution >= 4 is 11.6 Å². The van der Waals surface area contributed by atoms with Crippen molar-refractivity contribution in [1.82, 2.24) is 19.3 Å². The molecule has 0 spiro atoms. The van der Waals surface area contributed by atoms with Crippen molar-refractivity contribution in [3.05, 3.63) is 49.5 Å². The smallest absolute Gasteiger partial charge is 0.297 e. The number of nitrogens with one attached hydrogen (secondary N) is 1. The Morgan fingerprint density at radius 3 is 2.68 bits per heavy atom. The summed E-state index contributed by atoms with van der Waals surface area (Å²) in [5, 5.41) is 4.16. The van der Waals surface area contributed by atoms with Crippen molar-refractivity contribution in [2.24, 2.45) is 7.05 Å². The number of aromatic amines is 1. The number of nitrogens with zero attached hydrogens (tertiary/aromatic N) is 3. The molecule has 7 heteroatoms. The van der Waals surface area contributed by atoms with E-state index in [1.54, 1.807) is 31.0 Å².